The number of benzene rings is 3. The molecule has 1 atom stereocenters. The number of nitrogens with one attached hydrogen (secondary N) is 1. The summed E-state index contributed by atoms with van der Waals surface area (Å²) in [5.74, 6) is -4.32. The lowest BCUT2D eigenvalue weighted by molar-refractivity contribution is -0.192. The molecule has 4 amide bonds. The van der Waals surface area contributed by atoms with Crippen LogP contribution >= 0.6 is 0 Å². The first kappa shape index (κ1) is 36.6. The van der Waals surface area contributed by atoms with Crippen LogP contribution in [0.1, 0.15) is 41.0 Å². The Morgan fingerprint density at radius 1 is 0.804 bits per heavy atom. The SMILES string of the molecule is NC(=O)NCc1ccc(CN(C(=O)C(c2ccccc2)c2ccccc2)[C@H](CCCN=C(N)N)C(N)=O)cc1.O=C(O)C(F)(F)F. The number of alkyl halides is 3. The second-order valence-corrected chi connectivity index (χ2v) is 9.92. The van der Waals surface area contributed by atoms with Crippen molar-refractivity contribution in [2.24, 2.45) is 27.9 Å². The maximum atomic E-state index is 14.4. The molecule has 10 N–H and O–H groups in total. The monoisotopic (exact) mass is 643 g/mol. The van der Waals surface area contributed by atoms with E-state index in [1.165, 1.54) is 0 Å². The number of hydrogen-bond donors (Lipinski definition) is 6. The number of nitrogens with two attached hydrogens (primary N) is 4. The molecule has 0 aliphatic carbocycles. The lowest BCUT2D eigenvalue weighted by Gasteiger charge is -2.33. The third-order valence-electron chi connectivity index (χ3n) is 6.52. The highest BCUT2D eigenvalue weighted by Crippen LogP contribution is 2.29. The minimum absolute atomic E-state index is 0.0438. The predicted molar refractivity (Wildman–Crippen MR) is 165 cm³/mol. The van der Waals surface area contributed by atoms with E-state index >= 15 is 0 Å². The summed E-state index contributed by atoms with van der Waals surface area (Å²) in [5.41, 5.74) is 25.1. The second-order valence-electron chi connectivity index (χ2n) is 9.92. The van der Waals surface area contributed by atoms with E-state index in [-0.39, 0.29) is 31.4 Å². The van der Waals surface area contributed by atoms with Gasteiger partial charge in [0, 0.05) is 19.6 Å². The molecular weight excluding hydrogens is 607 g/mol. The summed E-state index contributed by atoms with van der Waals surface area (Å²) in [4.78, 5) is 52.6. The molecule has 0 saturated heterocycles. The topological polar surface area (TPSA) is 220 Å². The quantitative estimate of drug-likeness (QED) is 0.0927. The van der Waals surface area contributed by atoms with Crippen LogP contribution in [0.3, 0.4) is 0 Å². The Morgan fingerprint density at radius 2 is 1.28 bits per heavy atom. The highest BCUT2D eigenvalue weighted by atomic mass is 19.4. The van der Waals surface area contributed by atoms with Crippen molar-refractivity contribution in [3.8, 4) is 0 Å². The first-order valence-electron chi connectivity index (χ1n) is 13.9. The van der Waals surface area contributed by atoms with Gasteiger partial charge in [-0.3, -0.25) is 14.6 Å². The van der Waals surface area contributed by atoms with Gasteiger partial charge in [-0.1, -0.05) is 84.9 Å². The van der Waals surface area contributed by atoms with Crippen LogP contribution in [0.4, 0.5) is 18.0 Å². The molecule has 246 valence electrons. The van der Waals surface area contributed by atoms with E-state index in [9.17, 15) is 27.6 Å². The minimum Gasteiger partial charge on any atom is -0.475 e. The van der Waals surface area contributed by atoms with Crippen molar-refractivity contribution in [2.45, 2.75) is 44.1 Å². The number of hydrogen-bond acceptors (Lipinski definition) is 5. The molecule has 0 unspecified atom stereocenters. The van der Waals surface area contributed by atoms with Crippen LogP contribution in [-0.2, 0) is 27.5 Å². The number of aliphatic carboxylic acids is 1. The summed E-state index contributed by atoms with van der Waals surface area (Å²) >= 11 is 0. The number of carboxylic acids is 1. The molecule has 0 saturated carbocycles. The number of urea groups is 1. The molecule has 0 aliphatic heterocycles. The third-order valence-corrected chi connectivity index (χ3v) is 6.52. The van der Waals surface area contributed by atoms with Gasteiger partial charge in [0.1, 0.15) is 6.04 Å². The van der Waals surface area contributed by atoms with Crippen LogP contribution in [0, 0.1) is 0 Å². The number of primary amides is 2. The van der Waals surface area contributed by atoms with Crippen LogP contribution in [0.2, 0.25) is 0 Å². The van der Waals surface area contributed by atoms with Crippen molar-refractivity contribution < 1.29 is 37.5 Å². The number of amides is 4. The molecule has 0 radical (unpaired) electrons. The number of carbonyl (C=O) groups excluding carboxylic acids is 3. The van der Waals surface area contributed by atoms with Gasteiger partial charge in [0.25, 0.3) is 0 Å². The first-order valence-corrected chi connectivity index (χ1v) is 13.9. The van der Waals surface area contributed by atoms with Gasteiger partial charge in [-0.15, -0.1) is 0 Å². The van der Waals surface area contributed by atoms with E-state index < -0.39 is 36.0 Å². The van der Waals surface area contributed by atoms with Crippen molar-refractivity contribution in [2.75, 3.05) is 6.54 Å². The minimum atomic E-state index is -5.08. The molecule has 0 spiro atoms. The number of carbonyl (C=O) groups is 4. The predicted octanol–water partition coefficient (Wildman–Crippen LogP) is 2.56. The Kier molecular flexibility index (Phi) is 14.0. The molecule has 0 bridgehead atoms. The third kappa shape index (κ3) is 12.2. The average Bonchev–Trinajstić information content (AvgIpc) is 3.00. The molecular formula is C31H36F3N7O5. The Labute approximate surface area is 263 Å². The normalized spacial score (nSPS) is 11.4. The standard InChI is InChI=1S/C29H35N7O3.C2HF3O2/c30-26(37)24(12-7-17-34-28(31)32)36(19-21-15-13-20(14-16-21)18-35-29(33)39)27(38)25(22-8-3-1-4-9-22)23-10-5-2-6-11-23;3-2(4,5)1(6)7/h1-6,8-11,13-16,24-25H,7,12,17-19H2,(H2,30,37)(H4,31,32,34)(H3,33,35,39);(H,6,7)/t24-;/m1./s1. The van der Waals surface area contributed by atoms with E-state index in [2.05, 4.69) is 10.3 Å². The number of carboxylic acid groups (broad SMARTS) is 1. The Morgan fingerprint density at radius 3 is 1.70 bits per heavy atom. The van der Waals surface area contributed by atoms with Crippen molar-refractivity contribution >= 4 is 29.8 Å². The number of rotatable bonds is 13. The highest BCUT2D eigenvalue weighted by molar-refractivity contribution is 5.92. The summed E-state index contributed by atoms with van der Waals surface area (Å²) in [6.45, 7) is 0.724. The Bertz CT molecular complexity index is 1430. The number of guanidine groups is 1. The molecule has 46 heavy (non-hydrogen) atoms. The van der Waals surface area contributed by atoms with Crippen LogP contribution in [-0.4, -0.2) is 58.5 Å². The molecule has 0 heterocycles. The first-order chi connectivity index (χ1) is 21.7. The van der Waals surface area contributed by atoms with E-state index in [1.807, 2.05) is 84.9 Å². The van der Waals surface area contributed by atoms with E-state index in [1.54, 1.807) is 4.90 Å². The molecule has 3 aromatic carbocycles. The maximum absolute atomic E-state index is 14.4. The number of nitrogens with zero attached hydrogens (tertiary/aromatic N) is 2. The van der Waals surface area contributed by atoms with Gasteiger partial charge >= 0.3 is 18.2 Å². The van der Waals surface area contributed by atoms with Crippen LogP contribution in [0.25, 0.3) is 0 Å². The van der Waals surface area contributed by atoms with Crippen molar-refractivity contribution in [1.82, 2.24) is 10.2 Å². The summed E-state index contributed by atoms with van der Waals surface area (Å²) in [7, 11) is 0. The fourth-order valence-corrected chi connectivity index (χ4v) is 4.37. The Hall–Kier alpha value is -5.60. The lowest BCUT2D eigenvalue weighted by Crippen LogP contribution is -2.49. The fourth-order valence-electron chi connectivity index (χ4n) is 4.37. The lowest BCUT2D eigenvalue weighted by atomic mass is 9.89. The van der Waals surface area contributed by atoms with Crippen LogP contribution < -0.4 is 28.3 Å². The molecule has 3 aromatic rings. The van der Waals surface area contributed by atoms with E-state index in [0.29, 0.717) is 13.0 Å². The van der Waals surface area contributed by atoms with Crippen LogP contribution in [0.5, 0.6) is 0 Å². The zero-order chi connectivity index (χ0) is 34.3. The summed E-state index contributed by atoms with van der Waals surface area (Å²) in [5, 5.41) is 9.67. The van der Waals surface area contributed by atoms with Gasteiger partial charge in [-0.2, -0.15) is 13.2 Å². The van der Waals surface area contributed by atoms with Crippen molar-refractivity contribution in [3.63, 3.8) is 0 Å². The number of aliphatic imine (C=N–C) groups is 1. The molecule has 0 fully saturated rings. The summed E-state index contributed by atoms with van der Waals surface area (Å²) in [6, 6.07) is 24.7. The van der Waals surface area contributed by atoms with Crippen molar-refractivity contribution in [3.05, 3.63) is 107 Å². The van der Waals surface area contributed by atoms with Gasteiger partial charge in [-0.05, 0) is 35.1 Å². The molecule has 15 heteroatoms. The van der Waals surface area contributed by atoms with Gasteiger partial charge < -0.3 is 38.3 Å². The van der Waals surface area contributed by atoms with Gasteiger partial charge in [0.05, 0.1) is 5.92 Å². The van der Waals surface area contributed by atoms with Gasteiger partial charge in [0.15, 0.2) is 5.96 Å². The zero-order valence-electron chi connectivity index (χ0n) is 24.7. The van der Waals surface area contributed by atoms with Crippen molar-refractivity contribution in [1.29, 1.82) is 0 Å². The second kappa shape index (κ2) is 17.6. The van der Waals surface area contributed by atoms with Crippen LogP contribution in [0.15, 0.2) is 89.9 Å². The summed E-state index contributed by atoms with van der Waals surface area (Å²) < 4.78 is 31.7. The van der Waals surface area contributed by atoms with E-state index in [0.717, 1.165) is 22.3 Å². The summed E-state index contributed by atoms with van der Waals surface area (Å²) in [6.07, 6.45) is -4.34. The van der Waals surface area contributed by atoms with E-state index in [4.69, 9.17) is 32.8 Å². The molecule has 0 aromatic heterocycles. The number of halogens is 3. The Balaban J connectivity index is 0.000000942. The van der Waals surface area contributed by atoms with Gasteiger partial charge in [0.2, 0.25) is 11.8 Å². The van der Waals surface area contributed by atoms with Gasteiger partial charge in [-0.25, -0.2) is 9.59 Å². The maximum Gasteiger partial charge on any atom is 0.490 e. The largest absolute Gasteiger partial charge is 0.490 e. The smallest absolute Gasteiger partial charge is 0.475 e. The highest BCUT2D eigenvalue weighted by Gasteiger charge is 2.38. The fraction of sp³-hybridized carbons (Fsp3) is 0.258. The molecule has 3 rings (SSSR count). The zero-order valence-corrected chi connectivity index (χ0v) is 24.7. The molecule has 0 aliphatic rings. The molecule has 12 nitrogen and oxygen atoms in total. The average molecular weight is 644 g/mol.